The minimum atomic E-state index is -0.349. The van der Waals surface area contributed by atoms with E-state index in [0.29, 0.717) is 35.6 Å². The number of rotatable bonds is 3. The Bertz CT molecular complexity index is 923. The van der Waals surface area contributed by atoms with Crippen molar-refractivity contribution in [3.05, 3.63) is 47.3 Å². The third-order valence-corrected chi connectivity index (χ3v) is 4.30. The molecule has 0 saturated carbocycles. The van der Waals surface area contributed by atoms with E-state index in [9.17, 15) is 9.59 Å². The van der Waals surface area contributed by atoms with Gasteiger partial charge in [-0.3, -0.25) is 14.9 Å². The molecule has 26 heavy (non-hydrogen) atoms. The van der Waals surface area contributed by atoms with Crippen LogP contribution in [0.15, 0.2) is 30.5 Å². The first-order valence-electron chi connectivity index (χ1n) is 8.36. The van der Waals surface area contributed by atoms with Crippen LogP contribution in [-0.4, -0.2) is 28.5 Å². The molecule has 1 aromatic heterocycles. The number of fused-ring (bicyclic) bond motifs is 2. The summed E-state index contributed by atoms with van der Waals surface area (Å²) in [7, 11) is 0. The minimum Gasteiger partial charge on any atom is -0.454 e. The molecule has 0 radical (unpaired) electrons. The Labute approximate surface area is 150 Å². The first-order valence-corrected chi connectivity index (χ1v) is 8.36. The van der Waals surface area contributed by atoms with Crippen LogP contribution in [0.25, 0.3) is 6.08 Å². The molecule has 132 valence electrons. The van der Waals surface area contributed by atoms with Crippen LogP contribution in [0, 0.1) is 5.92 Å². The van der Waals surface area contributed by atoms with Crippen LogP contribution in [-0.2, 0) is 11.2 Å². The number of amides is 1. The molecule has 1 atom stereocenters. The number of nitrogens with zero attached hydrogens (tertiary/aromatic N) is 2. The van der Waals surface area contributed by atoms with E-state index in [2.05, 4.69) is 15.3 Å². The third kappa shape index (κ3) is 3.28. The van der Waals surface area contributed by atoms with Crippen LogP contribution >= 0.6 is 0 Å². The number of nitrogens with one attached hydrogen (secondary N) is 1. The zero-order chi connectivity index (χ0) is 18.1. The Kier molecular flexibility index (Phi) is 4.12. The molecule has 2 aliphatic rings. The fourth-order valence-electron chi connectivity index (χ4n) is 3.04. The van der Waals surface area contributed by atoms with Gasteiger partial charge in [0.25, 0.3) is 5.91 Å². The molecule has 1 unspecified atom stereocenters. The molecule has 0 spiro atoms. The van der Waals surface area contributed by atoms with Crippen molar-refractivity contribution < 1.29 is 19.1 Å². The van der Waals surface area contributed by atoms with Gasteiger partial charge in [0, 0.05) is 18.7 Å². The molecule has 0 bridgehead atoms. The van der Waals surface area contributed by atoms with E-state index in [4.69, 9.17) is 9.47 Å². The molecule has 2 heterocycles. The summed E-state index contributed by atoms with van der Waals surface area (Å²) in [5.41, 5.74) is 2.06. The maximum atomic E-state index is 12.1. The summed E-state index contributed by atoms with van der Waals surface area (Å²) in [6.45, 7) is 2.22. The first kappa shape index (κ1) is 16.3. The molecule has 1 aliphatic heterocycles. The molecule has 1 aliphatic carbocycles. The highest BCUT2D eigenvalue weighted by atomic mass is 16.7. The normalized spacial score (nSPS) is 18.0. The number of benzene rings is 1. The van der Waals surface area contributed by atoms with E-state index in [-0.39, 0.29) is 30.3 Å². The predicted octanol–water partition coefficient (Wildman–Crippen LogP) is 2.62. The van der Waals surface area contributed by atoms with Crippen molar-refractivity contribution in [1.82, 2.24) is 9.97 Å². The second kappa shape index (κ2) is 6.59. The lowest BCUT2D eigenvalue weighted by Gasteiger charge is -2.19. The average molecular weight is 351 g/mol. The van der Waals surface area contributed by atoms with Gasteiger partial charge in [-0.25, -0.2) is 9.97 Å². The molecule has 0 fully saturated rings. The van der Waals surface area contributed by atoms with Crippen LogP contribution in [0.2, 0.25) is 0 Å². The van der Waals surface area contributed by atoms with Crippen molar-refractivity contribution in [1.29, 1.82) is 0 Å². The van der Waals surface area contributed by atoms with Crippen LogP contribution in [0.4, 0.5) is 5.95 Å². The zero-order valence-corrected chi connectivity index (χ0v) is 14.2. The first-order chi connectivity index (χ1) is 12.6. The second-order valence-electron chi connectivity index (χ2n) is 6.43. The van der Waals surface area contributed by atoms with Crippen molar-refractivity contribution >= 4 is 23.7 Å². The Morgan fingerprint density at radius 2 is 2.12 bits per heavy atom. The van der Waals surface area contributed by atoms with E-state index in [1.54, 1.807) is 18.2 Å². The van der Waals surface area contributed by atoms with Gasteiger partial charge in [0.2, 0.25) is 12.7 Å². The molecular formula is C19H17N3O4. The number of Topliss-reactive ketones (excluding diaryl/α,β-unsaturated/α-hetero) is 1. The summed E-state index contributed by atoms with van der Waals surface area (Å²) >= 11 is 0. The Morgan fingerprint density at radius 3 is 3.00 bits per heavy atom. The monoisotopic (exact) mass is 351 g/mol. The number of ether oxygens (including phenoxy) is 2. The lowest BCUT2D eigenvalue weighted by atomic mass is 9.88. The van der Waals surface area contributed by atoms with Gasteiger partial charge in [0.05, 0.1) is 11.3 Å². The Hall–Kier alpha value is -3.22. The van der Waals surface area contributed by atoms with Gasteiger partial charge in [-0.1, -0.05) is 13.0 Å². The number of anilines is 1. The van der Waals surface area contributed by atoms with Gasteiger partial charge in [0.1, 0.15) is 0 Å². The van der Waals surface area contributed by atoms with Gasteiger partial charge in [-0.05, 0) is 36.1 Å². The standard InChI is InChI=1S/C19H17N3O4/c1-11-6-14-13(15(23)7-11)9-20-19(21-14)22-18(24)5-3-12-2-4-16-17(8-12)26-10-25-16/h2-5,8-9,11H,6-7,10H2,1H3,(H,20,21,22,24)/b5-3+. The maximum Gasteiger partial charge on any atom is 0.250 e. The van der Waals surface area contributed by atoms with Crippen molar-refractivity contribution in [2.75, 3.05) is 12.1 Å². The van der Waals surface area contributed by atoms with Crippen molar-refractivity contribution in [3.63, 3.8) is 0 Å². The van der Waals surface area contributed by atoms with Crippen LogP contribution < -0.4 is 14.8 Å². The molecular weight excluding hydrogens is 334 g/mol. The highest BCUT2D eigenvalue weighted by Crippen LogP contribution is 2.32. The molecule has 7 nitrogen and oxygen atoms in total. The number of hydrogen-bond acceptors (Lipinski definition) is 6. The van der Waals surface area contributed by atoms with E-state index in [1.807, 2.05) is 13.0 Å². The minimum absolute atomic E-state index is 0.0549. The van der Waals surface area contributed by atoms with E-state index in [0.717, 1.165) is 5.56 Å². The fraction of sp³-hybridized carbons (Fsp3) is 0.263. The maximum absolute atomic E-state index is 12.1. The molecule has 1 N–H and O–H groups in total. The second-order valence-corrected chi connectivity index (χ2v) is 6.43. The summed E-state index contributed by atoms with van der Waals surface area (Å²) in [5, 5.41) is 2.63. The average Bonchev–Trinajstić information content (AvgIpc) is 3.07. The van der Waals surface area contributed by atoms with Gasteiger partial charge in [-0.15, -0.1) is 0 Å². The smallest absolute Gasteiger partial charge is 0.250 e. The van der Waals surface area contributed by atoms with E-state index < -0.39 is 0 Å². The van der Waals surface area contributed by atoms with Gasteiger partial charge < -0.3 is 9.47 Å². The van der Waals surface area contributed by atoms with E-state index >= 15 is 0 Å². The molecule has 1 amide bonds. The van der Waals surface area contributed by atoms with Crippen molar-refractivity contribution in [2.24, 2.45) is 5.92 Å². The molecule has 4 rings (SSSR count). The van der Waals surface area contributed by atoms with Crippen LogP contribution in [0.1, 0.15) is 35.0 Å². The summed E-state index contributed by atoms with van der Waals surface area (Å²) in [4.78, 5) is 32.5. The lowest BCUT2D eigenvalue weighted by molar-refractivity contribution is -0.111. The molecule has 0 saturated heterocycles. The topological polar surface area (TPSA) is 90.4 Å². The van der Waals surface area contributed by atoms with E-state index in [1.165, 1.54) is 12.3 Å². The number of carbonyl (C=O) groups is 2. The summed E-state index contributed by atoms with van der Waals surface area (Å²) < 4.78 is 10.6. The lowest BCUT2D eigenvalue weighted by Crippen LogP contribution is -2.21. The molecule has 2 aromatic rings. The zero-order valence-electron chi connectivity index (χ0n) is 14.2. The van der Waals surface area contributed by atoms with Crippen LogP contribution in [0.3, 0.4) is 0 Å². The van der Waals surface area contributed by atoms with Crippen LogP contribution in [0.5, 0.6) is 11.5 Å². The van der Waals surface area contributed by atoms with Gasteiger partial charge in [-0.2, -0.15) is 0 Å². The number of ketones is 1. The summed E-state index contributed by atoms with van der Waals surface area (Å²) in [6.07, 6.45) is 5.78. The van der Waals surface area contributed by atoms with Gasteiger partial charge in [0.15, 0.2) is 17.3 Å². The summed E-state index contributed by atoms with van der Waals surface area (Å²) in [5.74, 6) is 1.50. The highest BCUT2D eigenvalue weighted by molar-refractivity contribution is 6.01. The van der Waals surface area contributed by atoms with Gasteiger partial charge >= 0.3 is 0 Å². The predicted molar refractivity (Wildman–Crippen MR) is 94.1 cm³/mol. The summed E-state index contributed by atoms with van der Waals surface area (Å²) in [6, 6.07) is 5.43. The largest absolute Gasteiger partial charge is 0.454 e. The molecule has 1 aromatic carbocycles. The third-order valence-electron chi connectivity index (χ3n) is 4.30. The number of hydrogen-bond donors (Lipinski definition) is 1. The Balaban J connectivity index is 1.45. The van der Waals surface area contributed by atoms with Crippen molar-refractivity contribution in [2.45, 2.75) is 19.8 Å². The number of aromatic nitrogens is 2. The molecule has 7 heteroatoms. The Morgan fingerprint density at radius 1 is 1.27 bits per heavy atom. The quantitative estimate of drug-likeness (QED) is 0.855. The number of carbonyl (C=O) groups excluding carboxylic acids is 2. The highest BCUT2D eigenvalue weighted by Gasteiger charge is 2.24. The fourth-order valence-corrected chi connectivity index (χ4v) is 3.04. The SMILES string of the molecule is CC1CC(=O)c2cnc(NC(=O)/C=C/c3ccc4c(c3)OCO4)nc2C1. The van der Waals surface area contributed by atoms with Crippen molar-refractivity contribution in [3.8, 4) is 11.5 Å².